The van der Waals surface area contributed by atoms with Crippen molar-refractivity contribution in [3.05, 3.63) is 59.7 Å². The van der Waals surface area contributed by atoms with Crippen molar-refractivity contribution in [2.75, 3.05) is 12.8 Å². The molecule has 0 unspecified atom stereocenters. The highest BCUT2D eigenvalue weighted by Gasteiger charge is 2.27. The average Bonchev–Trinajstić information content (AvgIpc) is 2.43. The molecule has 2 aromatic rings. The first-order valence-corrected chi connectivity index (χ1v) is 7.51. The van der Waals surface area contributed by atoms with Crippen LogP contribution in [0, 0.1) is 11.6 Å². The second kappa shape index (κ2) is 5.79. The summed E-state index contributed by atoms with van der Waals surface area (Å²) in [4.78, 5) is -0.765. The van der Waals surface area contributed by atoms with Crippen LogP contribution in [0.5, 0.6) is 0 Å². The molecule has 0 atom stereocenters. The first kappa shape index (κ1) is 15.4. The number of hydrogen-bond acceptors (Lipinski definition) is 3. The first-order valence-electron chi connectivity index (χ1n) is 6.07. The maximum Gasteiger partial charge on any atom is 0.246 e. The largest absolute Gasteiger partial charge is 0.399 e. The Morgan fingerprint density at radius 2 is 1.76 bits per heavy atom. The molecular formula is C14H14F2N2O2S. The summed E-state index contributed by atoms with van der Waals surface area (Å²) in [6.07, 6.45) is 0. The molecule has 2 N–H and O–H groups in total. The molecule has 0 aromatic heterocycles. The first-order chi connectivity index (χ1) is 9.82. The lowest BCUT2D eigenvalue weighted by molar-refractivity contribution is 0.447. The molecule has 0 spiro atoms. The Bertz CT molecular complexity index is 749. The van der Waals surface area contributed by atoms with E-state index in [0.717, 1.165) is 22.0 Å². The van der Waals surface area contributed by atoms with E-state index in [4.69, 9.17) is 5.73 Å². The van der Waals surface area contributed by atoms with Crippen LogP contribution < -0.4 is 5.73 Å². The summed E-state index contributed by atoms with van der Waals surface area (Å²) in [7, 11) is -2.88. The number of hydrogen-bond donors (Lipinski definition) is 1. The van der Waals surface area contributed by atoms with Gasteiger partial charge in [0.25, 0.3) is 0 Å². The number of nitrogen functional groups attached to an aromatic ring is 1. The van der Waals surface area contributed by atoms with Crippen molar-refractivity contribution >= 4 is 15.7 Å². The van der Waals surface area contributed by atoms with Crippen molar-refractivity contribution in [2.45, 2.75) is 11.4 Å². The molecule has 0 saturated heterocycles. The summed E-state index contributed by atoms with van der Waals surface area (Å²) in [5.74, 6) is -2.72. The van der Waals surface area contributed by atoms with Crippen molar-refractivity contribution in [2.24, 2.45) is 0 Å². The van der Waals surface area contributed by atoms with Crippen LogP contribution in [0.3, 0.4) is 0 Å². The Kier molecular flexibility index (Phi) is 4.24. The minimum atomic E-state index is -4.17. The Morgan fingerprint density at radius 3 is 2.38 bits per heavy atom. The van der Waals surface area contributed by atoms with Crippen LogP contribution in [0.25, 0.3) is 0 Å². The molecule has 0 bridgehead atoms. The van der Waals surface area contributed by atoms with E-state index in [0.29, 0.717) is 0 Å². The van der Waals surface area contributed by atoms with Gasteiger partial charge >= 0.3 is 0 Å². The molecule has 2 rings (SSSR count). The quantitative estimate of drug-likeness (QED) is 0.882. The average molecular weight is 312 g/mol. The van der Waals surface area contributed by atoms with Crippen LogP contribution in [0.15, 0.2) is 47.4 Å². The number of benzene rings is 2. The second-order valence-electron chi connectivity index (χ2n) is 4.56. The number of anilines is 1. The minimum Gasteiger partial charge on any atom is -0.399 e. The summed E-state index contributed by atoms with van der Waals surface area (Å²) in [5.41, 5.74) is 5.97. The van der Waals surface area contributed by atoms with Crippen molar-refractivity contribution < 1.29 is 17.2 Å². The molecule has 0 aliphatic carbocycles. The molecule has 0 aliphatic rings. The zero-order chi connectivity index (χ0) is 15.6. The number of halogens is 2. The maximum atomic E-state index is 13.7. The lowest BCUT2D eigenvalue weighted by atomic mass is 10.2. The minimum absolute atomic E-state index is 0.0407. The molecular weight excluding hydrogens is 298 g/mol. The monoisotopic (exact) mass is 312 g/mol. The van der Waals surface area contributed by atoms with Crippen molar-refractivity contribution in [3.8, 4) is 0 Å². The van der Waals surface area contributed by atoms with Crippen LogP contribution in [0.4, 0.5) is 14.5 Å². The highest BCUT2D eigenvalue weighted by Crippen LogP contribution is 2.24. The van der Waals surface area contributed by atoms with Gasteiger partial charge in [0.15, 0.2) is 11.6 Å². The predicted octanol–water partition coefficient (Wildman–Crippen LogP) is 2.37. The van der Waals surface area contributed by atoms with Crippen molar-refractivity contribution in [1.29, 1.82) is 0 Å². The zero-order valence-corrected chi connectivity index (χ0v) is 12.1. The summed E-state index contributed by atoms with van der Waals surface area (Å²) in [6, 6.07) is 10.4. The van der Waals surface area contributed by atoms with Gasteiger partial charge in [0.1, 0.15) is 4.90 Å². The fourth-order valence-electron chi connectivity index (χ4n) is 1.86. The third-order valence-electron chi connectivity index (χ3n) is 2.95. The number of nitrogens with zero attached hydrogens (tertiary/aromatic N) is 1. The maximum absolute atomic E-state index is 13.7. The van der Waals surface area contributed by atoms with E-state index in [1.807, 2.05) is 0 Å². The molecule has 0 heterocycles. The van der Waals surface area contributed by atoms with Gasteiger partial charge < -0.3 is 5.73 Å². The fourth-order valence-corrected chi connectivity index (χ4v) is 3.13. The highest BCUT2D eigenvalue weighted by atomic mass is 32.2. The molecule has 0 fully saturated rings. The Balaban J connectivity index is 2.38. The summed E-state index contributed by atoms with van der Waals surface area (Å²) < 4.78 is 52.7. The molecule has 0 amide bonds. The molecule has 0 radical (unpaired) electrons. The predicted molar refractivity (Wildman–Crippen MR) is 75.9 cm³/mol. The lowest BCUT2D eigenvalue weighted by Gasteiger charge is -2.18. The highest BCUT2D eigenvalue weighted by molar-refractivity contribution is 7.89. The Morgan fingerprint density at radius 1 is 1.14 bits per heavy atom. The van der Waals surface area contributed by atoms with Gasteiger partial charge in [-0.15, -0.1) is 0 Å². The standard InChI is InChI=1S/C14H14F2N2O2S/c1-18(9-10-5-3-2-4-6-10)21(19,20)13-8-11(17)7-12(15)14(13)16/h2-8H,9,17H2,1H3. The van der Waals surface area contributed by atoms with E-state index in [1.54, 1.807) is 30.3 Å². The van der Waals surface area contributed by atoms with Crippen molar-refractivity contribution in [3.63, 3.8) is 0 Å². The van der Waals surface area contributed by atoms with E-state index in [9.17, 15) is 17.2 Å². The third-order valence-corrected chi connectivity index (χ3v) is 4.76. The van der Waals surface area contributed by atoms with Gasteiger partial charge in [-0.3, -0.25) is 0 Å². The number of sulfonamides is 1. The van der Waals surface area contributed by atoms with Crippen LogP contribution in [0.2, 0.25) is 0 Å². The number of rotatable bonds is 4. The van der Waals surface area contributed by atoms with Crippen LogP contribution >= 0.6 is 0 Å². The van der Waals surface area contributed by atoms with Gasteiger partial charge in [-0.1, -0.05) is 30.3 Å². The second-order valence-corrected chi connectivity index (χ2v) is 6.57. The molecule has 2 aromatic carbocycles. The van der Waals surface area contributed by atoms with Gasteiger partial charge in [0.05, 0.1) is 0 Å². The molecule has 0 saturated carbocycles. The topological polar surface area (TPSA) is 63.4 Å². The van der Waals surface area contributed by atoms with Gasteiger partial charge in [-0.05, 0) is 17.7 Å². The normalized spacial score (nSPS) is 11.8. The van der Waals surface area contributed by atoms with Gasteiger partial charge in [-0.2, -0.15) is 4.31 Å². The molecule has 4 nitrogen and oxygen atoms in total. The van der Waals surface area contributed by atoms with Gasteiger partial charge in [0, 0.05) is 19.3 Å². The van der Waals surface area contributed by atoms with E-state index in [2.05, 4.69) is 0 Å². The van der Waals surface area contributed by atoms with Gasteiger partial charge in [0.2, 0.25) is 10.0 Å². The van der Waals surface area contributed by atoms with Gasteiger partial charge in [-0.25, -0.2) is 17.2 Å². The van der Waals surface area contributed by atoms with E-state index in [-0.39, 0.29) is 12.2 Å². The van der Waals surface area contributed by atoms with Crippen LogP contribution in [0.1, 0.15) is 5.56 Å². The number of nitrogens with two attached hydrogens (primary N) is 1. The molecule has 7 heteroatoms. The SMILES string of the molecule is CN(Cc1ccccc1)S(=O)(=O)c1cc(N)cc(F)c1F. The molecule has 0 aliphatic heterocycles. The lowest BCUT2D eigenvalue weighted by Crippen LogP contribution is -2.27. The Hall–Kier alpha value is -1.99. The summed E-state index contributed by atoms with van der Waals surface area (Å²) in [5, 5.41) is 0. The molecule has 21 heavy (non-hydrogen) atoms. The van der Waals surface area contributed by atoms with E-state index in [1.165, 1.54) is 7.05 Å². The van der Waals surface area contributed by atoms with E-state index >= 15 is 0 Å². The Labute approximate surface area is 121 Å². The van der Waals surface area contributed by atoms with Crippen LogP contribution in [-0.2, 0) is 16.6 Å². The van der Waals surface area contributed by atoms with Crippen molar-refractivity contribution in [1.82, 2.24) is 4.31 Å². The summed E-state index contributed by atoms with van der Waals surface area (Å²) >= 11 is 0. The third kappa shape index (κ3) is 3.20. The summed E-state index contributed by atoms with van der Waals surface area (Å²) in [6.45, 7) is 0.0407. The molecule has 112 valence electrons. The fraction of sp³-hybridized carbons (Fsp3) is 0.143. The van der Waals surface area contributed by atoms with Crippen LogP contribution in [-0.4, -0.2) is 19.8 Å². The smallest absolute Gasteiger partial charge is 0.246 e. The zero-order valence-electron chi connectivity index (χ0n) is 11.3. The van der Waals surface area contributed by atoms with E-state index < -0.39 is 26.6 Å².